The number of aromatic nitrogens is 2. The van der Waals surface area contributed by atoms with Crippen LogP contribution in [0.25, 0.3) is 0 Å². The summed E-state index contributed by atoms with van der Waals surface area (Å²) in [6.07, 6.45) is 6.14. The van der Waals surface area contributed by atoms with Gasteiger partial charge in [0.25, 0.3) is 0 Å². The van der Waals surface area contributed by atoms with E-state index in [-0.39, 0.29) is 5.78 Å². The van der Waals surface area contributed by atoms with Crippen molar-refractivity contribution >= 4 is 5.78 Å². The molecule has 0 aliphatic heterocycles. The van der Waals surface area contributed by atoms with Gasteiger partial charge in [0.15, 0.2) is 11.4 Å². The first-order chi connectivity index (χ1) is 8.15. The molecule has 0 radical (unpaired) electrons. The number of rotatable bonds is 3. The number of carbonyl (C=O) groups excluding carboxylic acids is 1. The molecule has 0 atom stereocenters. The normalized spacial score (nSPS) is 11.2. The Morgan fingerprint density at radius 2 is 1.59 bits per heavy atom. The van der Waals surface area contributed by atoms with Crippen LogP contribution in [0.5, 0.6) is 0 Å². The number of aliphatic hydroxyl groups is 1. The largest absolute Gasteiger partial charge is 0.373 e. The van der Waals surface area contributed by atoms with Gasteiger partial charge < -0.3 is 5.11 Å². The topological polar surface area (TPSA) is 63.1 Å². The predicted octanol–water partition coefficient (Wildman–Crippen LogP) is 1.30. The highest BCUT2D eigenvalue weighted by Crippen LogP contribution is 2.29. The molecule has 86 valence electrons. The van der Waals surface area contributed by atoms with Crippen molar-refractivity contribution in [3.05, 3.63) is 60.2 Å². The van der Waals surface area contributed by atoms with Crippen LogP contribution in [0.3, 0.4) is 0 Å². The lowest BCUT2D eigenvalue weighted by atomic mass is 9.85. The Morgan fingerprint density at radius 1 is 1.12 bits per heavy atom. The molecule has 2 aromatic rings. The Morgan fingerprint density at radius 3 is 1.88 bits per heavy atom. The zero-order valence-corrected chi connectivity index (χ0v) is 9.37. The summed E-state index contributed by atoms with van der Waals surface area (Å²) in [7, 11) is 0. The zero-order valence-electron chi connectivity index (χ0n) is 9.37. The average Bonchev–Trinajstić information content (AvgIpc) is 2.39. The van der Waals surface area contributed by atoms with Crippen LogP contribution in [0, 0.1) is 0 Å². The Labute approximate surface area is 99.0 Å². The first-order valence-electron chi connectivity index (χ1n) is 5.20. The van der Waals surface area contributed by atoms with Crippen LogP contribution >= 0.6 is 0 Å². The number of Topliss-reactive ketones (excluding diaryl/α,β-unsaturated/α-hetero) is 1. The van der Waals surface area contributed by atoms with Gasteiger partial charge in [-0.1, -0.05) is 12.1 Å². The average molecular weight is 228 g/mol. The van der Waals surface area contributed by atoms with Gasteiger partial charge in [0.1, 0.15) is 0 Å². The van der Waals surface area contributed by atoms with E-state index >= 15 is 0 Å². The second kappa shape index (κ2) is 4.43. The molecular weight excluding hydrogens is 216 g/mol. The van der Waals surface area contributed by atoms with Crippen molar-refractivity contribution in [2.75, 3.05) is 0 Å². The first kappa shape index (κ1) is 11.4. The molecule has 0 fully saturated rings. The molecule has 0 saturated carbocycles. The van der Waals surface area contributed by atoms with E-state index in [0.29, 0.717) is 11.1 Å². The van der Waals surface area contributed by atoms with Crippen LogP contribution in [-0.2, 0) is 10.4 Å². The highest BCUT2D eigenvalue weighted by molar-refractivity contribution is 5.89. The van der Waals surface area contributed by atoms with Crippen LogP contribution in [0.1, 0.15) is 18.1 Å². The first-order valence-corrected chi connectivity index (χ1v) is 5.20. The molecular formula is C13H12N2O2. The van der Waals surface area contributed by atoms with Gasteiger partial charge in [-0.3, -0.25) is 14.8 Å². The monoisotopic (exact) mass is 228 g/mol. The van der Waals surface area contributed by atoms with E-state index < -0.39 is 5.60 Å². The maximum absolute atomic E-state index is 11.8. The standard InChI is InChI=1S/C13H12N2O2/c1-10(16)13(17,11-4-2-6-14-8-11)12-5-3-7-15-9-12/h2-9,17H,1H3. The number of ketones is 1. The molecule has 0 bridgehead atoms. The van der Waals surface area contributed by atoms with Crippen LogP contribution in [-0.4, -0.2) is 20.9 Å². The summed E-state index contributed by atoms with van der Waals surface area (Å²) in [5, 5.41) is 10.6. The van der Waals surface area contributed by atoms with E-state index in [0.717, 1.165) is 0 Å². The minimum absolute atomic E-state index is 0.362. The smallest absolute Gasteiger partial charge is 0.176 e. The summed E-state index contributed by atoms with van der Waals surface area (Å²) in [5.41, 5.74) is -0.788. The van der Waals surface area contributed by atoms with Crippen molar-refractivity contribution in [3.8, 4) is 0 Å². The Kier molecular flexibility index (Phi) is 2.97. The quantitative estimate of drug-likeness (QED) is 0.860. The summed E-state index contributed by atoms with van der Waals surface area (Å²) >= 11 is 0. The van der Waals surface area contributed by atoms with Crippen molar-refractivity contribution in [1.29, 1.82) is 0 Å². The predicted molar refractivity (Wildman–Crippen MR) is 62.2 cm³/mol. The van der Waals surface area contributed by atoms with E-state index in [4.69, 9.17) is 0 Å². The fourth-order valence-corrected chi connectivity index (χ4v) is 1.73. The van der Waals surface area contributed by atoms with Gasteiger partial charge >= 0.3 is 0 Å². The van der Waals surface area contributed by atoms with Crippen LogP contribution < -0.4 is 0 Å². The minimum Gasteiger partial charge on any atom is -0.373 e. The SMILES string of the molecule is CC(=O)C(O)(c1cccnc1)c1cccnc1. The third-order valence-electron chi connectivity index (χ3n) is 2.67. The minimum atomic E-state index is -1.68. The lowest BCUT2D eigenvalue weighted by molar-refractivity contribution is -0.132. The summed E-state index contributed by atoms with van der Waals surface area (Å²) in [6.45, 7) is 1.35. The molecule has 1 N–H and O–H groups in total. The molecule has 4 heteroatoms. The summed E-state index contributed by atoms with van der Waals surface area (Å²) in [4.78, 5) is 19.6. The Balaban J connectivity index is 2.59. The van der Waals surface area contributed by atoms with E-state index in [2.05, 4.69) is 9.97 Å². The second-order valence-electron chi connectivity index (χ2n) is 3.75. The summed E-state index contributed by atoms with van der Waals surface area (Å²) in [6, 6.07) is 6.70. The van der Waals surface area contributed by atoms with Crippen molar-refractivity contribution in [1.82, 2.24) is 9.97 Å². The van der Waals surface area contributed by atoms with Gasteiger partial charge in [-0.25, -0.2) is 0 Å². The fraction of sp³-hybridized carbons (Fsp3) is 0.154. The molecule has 17 heavy (non-hydrogen) atoms. The van der Waals surface area contributed by atoms with Gasteiger partial charge in [0, 0.05) is 35.9 Å². The summed E-state index contributed by atoms with van der Waals surface area (Å²) in [5.74, 6) is -0.362. The fourth-order valence-electron chi connectivity index (χ4n) is 1.73. The zero-order chi connectivity index (χ0) is 12.3. The number of carbonyl (C=O) groups is 1. The molecule has 0 aromatic carbocycles. The molecule has 0 saturated heterocycles. The molecule has 4 nitrogen and oxygen atoms in total. The Bertz CT molecular complexity index is 472. The molecule has 2 aromatic heterocycles. The number of hydrogen-bond acceptors (Lipinski definition) is 4. The molecule has 0 amide bonds. The summed E-state index contributed by atoms with van der Waals surface area (Å²) < 4.78 is 0. The lowest BCUT2D eigenvalue weighted by Crippen LogP contribution is -2.35. The maximum Gasteiger partial charge on any atom is 0.176 e. The van der Waals surface area contributed by atoms with Gasteiger partial charge in [-0.2, -0.15) is 0 Å². The van der Waals surface area contributed by atoms with Gasteiger partial charge in [0.2, 0.25) is 0 Å². The van der Waals surface area contributed by atoms with Crippen LogP contribution in [0.15, 0.2) is 49.1 Å². The molecule has 0 unspecified atom stereocenters. The van der Waals surface area contributed by atoms with Crippen molar-refractivity contribution in [2.24, 2.45) is 0 Å². The van der Waals surface area contributed by atoms with Crippen LogP contribution in [0.4, 0.5) is 0 Å². The molecule has 0 aliphatic carbocycles. The number of nitrogens with zero attached hydrogens (tertiary/aromatic N) is 2. The van der Waals surface area contributed by atoms with Crippen molar-refractivity contribution in [3.63, 3.8) is 0 Å². The number of pyridine rings is 2. The molecule has 0 spiro atoms. The highest BCUT2D eigenvalue weighted by Gasteiger charge is 2.37. The Hall–Kier alpha value is -2.07. The third kappa shape index (κ3) is 1.94. The van der Waals surface area contributed by atoms with E-state index in [1.165, 1.54) is 19.3 Å². The van der Waals surface area contributed by atoms with E-state index in [1.807, 2.05) is 0 Å². The number of hydrogen-bond donors (Lipinski definition) is 1. The van der Waals surface area contributed by atoms with Crippen molar-refractivity contribution < 1.29 is 9.90 Å². The lowest BCUT2D eigenvalue weighted by Gasteiger charge is -2.25. The van der Waals surface area contributed by atoms with Gasteiger partial charge in [-0.15, -0.1) is 0 Å². The van der Waals surface area contributed by atoms with Crippen molar-refractivity contribution in [2.45, 2.75) is 12.5 Å². The molecule has 2 rings (SSSR count). The van der Waals surface area contributed by atoms with E-state index in [1.54, 1.807) is 36.7 Å². The highest BCUT2D eigenvalue weighted by atomic mass is 16.3. The van der Waals surface area contributed by atoms with Gasteiger partial charge in [-0.05, 0) is 19.1 Å². The molecule has 2 heterocycles. The van der Waals surface area contributed by atoms with Gasteiger partial charge in [0.05, 0.1) is 0 Å². The van der Waals surface area contributed by atoms with Crippen LogP contribution in [0.2, 0.25) is 0 Å². The second-order valence-corrected chi connectivity index (χ2v) is 3.75. The third-order valence-corrected chi connectivity index (χ3v) is 2.67. The molecule has 0 aliphatic rings. The van der Waals surface area contributed by atoms with E-state index in [9.17, 15) is 9.90 Å². The maximum atomic E-state index is 11.8.